The number of carboxylic acid groups (broad SMARTS) is 1. The molecule has 0 atom stereocenters. The van der Waals surface area contributed by atoms with Crippen LogP contribution in [-0.4, -0.2) is 28.4 Å². The van der Waals surface area contributed by atoms with Gasteiger partial charge in [-0.25, -0.2) is 0 Å². The van der Waals surface area contributed by atoms with Crippen LogP contribution in [0.2, 0.25) is 0 Å². The summed E-state index contributed by atoms with van der Waals surface area (Å²) < 4.78 is 1.96. The van der Waals surface area contributed by atoms with Crippen molar-refractivity contribution < 1.29 is 14.8 Å². The lowest BCUT2D eigenvalue weighted by atomic mass is 10.2. The van der Waals surface area contributed by atoms with Crippen molar-refractivity contribution in [1.29, 1.82) is 0 Å². The number of aromatic nitrogens is 2. The van der Waals surface area contributed by atoms with E-state index in [1.807, 2.05) is 16.0 Å². The standard InChI is InChI=1S/C16H23N3O2S/c1-3-5-9-18(10-6-4-2)15-13(7-8-14(20)21)19-11-12-22-16(19)17-15/h7-8,11-12H,3-6,9-10H2,1-2H3,(H,20,21)/b8-7+. The van der Waals surface area contributed by atoms with Crippen LogP contribution in [0.25, 0.3) is 11.0 Å². The molecule has 6 heteroatoms. The van der Waals surface area contributed by atoms with E-state index in [9.17, 15) is 9.90 Å². The Morgan fingerprint density at radius 3 is 2.64 bits per heavy atom. The normalized spacial score (nSPS) is 12.0. The number of unbranched alkanes of at least 4 members (excludes halogenated alkanes) is 2. The first-order chi connectivity index (χ1) is 10.7. The highest BCUT2D eigenvalue weighted by Gasteiger charge is 2.21. The van der Waals surface area contributed by atoms with Crippen LogP contribution in [0.1, 0.15) is 45.2 Å². The number of thiazole rings is 1. The number of carboxylic acids is 1. The van der Waals surface area contributed by atoms with Crippen molar-refractivity contribution in [3.63, 3.8) is 0 Å². The second-order valence-electron chi connectivity index (χ2n) is 5.36. The Bertz CT molecular complexity index is 637. The minimum Gasteiger partial charge on any atom is -0.545 e. The third-order valence-electron chi connectivity index (χ3n) is 3.68. The average molecular weight is 321 g/mol. The Morgan fingerprint density at radius 1 is 1.36 bits per heavy atom. The first-order valence-electron chi connectivity index (χ1n) is 7.87. The van der Waals surface area contributed by atoms with E-state index in [1.54, 1.807) is 17.4 Å². The molecule has 0 aliphatic carbocycles. The van der Waals surface area contributed by atoms with Crippen molar-refractivity contribution in [3.05, 3.63) is 23.3 Å². The SMILES string of the molecule is CCCC[NH+](CCCC)c1nc2sccn2c1/C=C/C(=O)[O-]. The van der Waals surface area contributed by atoms with Crippen LogP contribution in [0.5, 0.6) is 0 Å². The predicted octanol–water partition coefficient (Wildman–Crippen LogP) is 1.28. The van der Waals surface area contributed by atoms with Crippen LogP contribution >= 0.6 is 11.3 Å². The lowest BCUT2D eigenvalue weighted by Crippen LogP contribution is -3.07. The third kappa shape index (κ3) is 3.96. The van der Waals surface area contributed by atoms with E-state index in [0.717, 1.165) is 61.3 Å². The van der Waals surface area contributed by atoms with Crippen LogP contribution in [0.3, 0.4) is 0 Å². The van der Waals surface area contributed by atoms with Gasteiger partial charge in [-0.2, -0.15) is 4.98 Å². The van der Waals surface area contributed by atoms with Crippen molar-refractivity contribution in [3.8, 4) is 0 Å². The Kier molecular flexibility index (Phi) is 6.15. The number of imidazole rings is 1. The van der Waals surface area contributed by atoms with E-state index in [4.69, 9.17) is 4.98 Å². The number of aliphatic carboxylic acids is 1. The van der Waals surface area contributed by atoms with Crippen molar-refractivity contribution in [2.75, 3.05) is 13.1 Å². The number of quaternary nitrogens is 1. The fraction of sp³-hybridized carbons (Fsp3) is 0.500. The van der Waals surface area contributed by atoms with Crippen LogP contribution < -0.4 is 10.0 Å². The maximum atomic E-state index is 10.8. The molecule has 0 unspecified atom stereocenters. The molecule has 1 N–H and O–H groups in total. The maximum Gasteiger partial charge on any atom is 0.253 e. The summed E-state index contributed by atoms with van der Waals surface area (Å²) >= 11 is 1.56. The topological polar surface area (TPSA) is 61.9 Å². The van der Waals surface area contributed by atoms with Gasteiger partial charge in [0.15, 0.2) is 4.96 Å². The van der Waals surface area contributed by atoms with Crippen molar-refractivity contribution in [2.24, 2.45) is 0 Å². The number of nitrogens with zero attached hydrogens (tertiary/aromatic N) is 2. The largest absolute Gasteiger partial charge is 0.545 e. The van der Waals surface area contributed by atoms with E-state index in [2.05, 4.69) is 13.8 Å². The zero-order chi connectivity index (χ0) is 15.9. The van der Waals surface area contributed by atoms with Gasteiger partial charge in [0.1, 0.15) is 5.69 Å². The zero-order valence-electron chi connectivity index (χ0n) is 13.2. The zero-order valence-corrected chi connectivity index (χ0v) is 14.0. The molecule has 0 saturated heterocycles. The highest BCUT2D eigenvalue weighted by Crippen LogP contribution is 2.20. The van der Waals surface area contributed by atoms with E-state index in [-0.39, 0.29) is 0 Å². The molecule has 0 bridgehead atoms. The van der Waals surface area contributed by atoms with Crippen LogP contribution in [0.4, 0.5) is 5.82 Å². The number of rotatable bonds is 9. The van der Waals surface area contributed by atoms with Gasteiger partial charge in [0.2, 0.25) is 0 Å². The molecule has 2 heterocycles. The van der Waals surface area contributed by atoms with Crippen LogP contribution in [0, 0.1) is 0 Å². The predicted molar refractivity (Wildman–Crippen MR) is 87.3 cm³/mol. The van der Waals surface area contributed by atoms with E-state index >= 15 is 0 Å². The smallest absolute Gasteiger partial charge is 0.253 e. The van der Waals surface area contributed by atoms with Gasteiger partial charge < -0.3 is 9.90 Å². The molecular weight excluding hydrogens is 298 g/mol. The molecule has 2 aromatic rings. The summed E-state index contributed by atoms with van der Waals surface area (Å²) in [6, 6.07) is 0. The quantitative estimate of drug-likeness (QED) is 0.708. The molecule has 5 nitrogen and oxygen atoms in total. The molecule has 2 aromatic heterocycles. The molecule has 2 rings (SSSR count). The lowest BCUT2D eigenvalue weighted by Gasteiger charge is -2.17. The number of carbonyl (C=O) groups excluding carboxylic acids is 1. The molecule has 22 heavy (non-hydrogen) atoms. The van der Waals surface area contributed by atoms with Crippen LogP contribution in [-0.2, 0) is 4.79 Å². The molecule has 0 saturated carbocycles. The van der Waals surface area contributed by atoms with Crippen molar-refractivity contribution in [1.82, 2.24) is 9.38 Å². The van der Waals surface area contributed by atoms with Crippen molar-refractivity contribution >= 4 is 34.2 Å². The molecule has 0 amide bonds. The van der Waals surface area contributed by atoms with Crippen molar-refractivity contribution in [2.45, 2.75) is 39.5 Å². The van der Waals surface area contributed by atoms with E-state index in [1.165, 1.54) is 4.90 Å². The summed E-state index contributed by atoms with van der Waals surface area (Å²) in [6.07, 6.45) is 9.17. The average Bonchev–Trinajstić information content (AvgIpc) is 3.06. The summed E-state index contributed by atoms with van der Waals surface area (Å²) in [5.74, 6) is -0.231. The first-order valence-corrected chi connectivity index (χ1v) is 8.75. The Labute approximate surface area is 134 Å². The van der Waals surface area contributed by atoms with Gasteiger partial charge in [0, 0.05) is 11.6 Å². The summed E-state index contributed by atoms with van der Waals surface area (Å²) in [6.45, 7) is 6.40. The second kappa shape index (κ2) is 8.10. The second-order valence-corrected chi connectivity index (χ2v) is 6.24. The Hall–Kier alpha value is -1.66. The van der Waals surface area contributed by atoms with Gasteiger partial charge >= 0.3 is 0 Å². The van der Waals surface area contributed by atoms with Crippen LogP contribution in [0.15, 0.2) is 17.7 Å². The van der Waals surface area contributed by atoms with Gasteiger partial charge in [0.25, 0.3) is 5.82 Å². The molecule has 0 aliphatic heterocycles. The summed E-state index contributed by atoms with van der Waals surface area (Å²) in [5, 5.41) is 12.7. The maximum absolute atomic E-state index is 10.8. The molecule has 0 aromatic carbocycles. The number of hydrogen-bond donors (Lipinski definition) is 1. The third-order valence-corrected chi connectivity index (χ3v) is 4.43. The molecule has 0 fully saturated rings. The minimum absolute atomic E-state index is 0.850. The number of fused-ring (bicyclic) bond motifs is 1. The fourth-order valence-corrected chi connectivity index (χ4v) is 3.23. The van der Waals surface area contributed by atoms with E-state index < -0.39 is 5.97 Å². The minimum atomic E-state index is -1.18. The monoisotopic (exact) mass is 321 g/mol. The van der Waals surface area contributed by atoms with Gasteiger partial charge in [-0.15, -0.1) is 11.3 Å². The molecule has 0 spiro atoms. The highest BCUT2D eigenvalue weighted by atomic mass is 32.1. The number of nitrogens with one attached hydrogen (secondary N) is 1. The highest BCUT2D eigenvalue weighted by molar-refractivity contribution is 7.15. The Morgan fingerprint density at radius 2 is 2.05 bits per heavy atom. The number of hydrogen-bond acceptors (Lipinski definition) is 4. The summed E-state index contributed by atoms with van der Waals surface area (Å²) in [4.78, 5) is 17.7. The van der Waals surface area contributed by atoms with Gasteiger partial charge in [-0.05, 0) is 25.0 Å². The lowest BCUT2D eigenvalue weighted by molar-refractivity contribution is -0.835. The number of carbonyl (C=O) groups is 1. The summed E-state index contributed by atoms with van der Waals surface area (Å²) in [7, 11) is 0. The Balaban J connectivity index is 2.38. The molecule has 0 aliphatic rings. The molecule has 0 radical (unpaired) electrons. The fourth-order valence-electron chi connectivity index (χ4n) is 2.51. The van der Waals surface area contributed by atoms with E-state index in [0.29, 0.717) is 0 Å². The van der Waals surface area contributed by atoms with Gasteiger partial charge in [-0.3, -0.25) is 9.30 Å². The molecular formula is C16H23N3O2S. The molecule has 120 valence electrons. The summed E-state index contributed by atoms with van der Waals surface area (Å²) in [5.41, 5.74) is 0.850. The van der Waals surface area contributed by atoms with Gasteiger partial charge in [-0.1, -0.05) is 26.7 Å². The first kappa shape index (κ1) is 16.7. The van der Waals surface area contributed by atoms with Gasteiger partial charge in [0.05, 0.1) is 19.1 Å².